The van der Waals surface area contributed by atoms with E-state index in [1.54, 1.807) is 31.3 Å². The number of fused-ring (bicyclic) bond motifs is 1. The van der Waals surface area contributed by atoms with Crippen LogP contribution in [0, 0.1) is 11.2 Å². The maximum Gasteiger partial charge on any atom is 0.324 e. The van der Waals surface area contributed by atoms with Crippen LogP contribution in [0.15, 0.2) is 48.4 Å². The fraction of sp³-hybridized carbons (Fsp3) is 0.269. The van der Waals surface area contributed by atoms with Gasteiger partial charge in [-0.25, -0.2) is 14.2 Å². The highest BCUT2D eigenvalue weighted by Gasteiger charge is 2.67. The maximum absolute atomic E-state index is 15.0. The first-order chi connectivity index (χ1) is 17.6. The van der Waals surface area contributed by atoms with Gasteiger partial charge in [-0.2, -0.15) is 0 Å². The van der Waals surface area contributed by atoms with Crippen molar-refractivity contribution in [1.29, 1.82) is 0 Å². The molecule has 0 bridgehead atoms. The molecule has 4 N–H and O–H groups in total. The number of hydrogen-bond donors (Lipinski definition) is 3. The zero-order valence-electron chi connectivity index (χ0n) is 19.8. The number of carbonyl (C=O) groups excluding carboxylic acids is 3. The predicted molar refractivity (Wildman–Crippen MR) is 136 cm³/mol. The number of rotatable bonds is 3. The van der Waals surface area contributed by atoms with Gasteiger partial charge in [-0.15, -0.1) is 0 Å². The van der Waals surface area contributed by atoms with Gasteiger partial charge in [0.05, 0.1) is 10.7 Å². The van der Waals surface area contributed by atoms with Crippen LogP contribution in [-0.2, 0) is 9.59 Å². The van der Waals surface area contributed by atoms with Gasteiger partial charge in [0.1, 0.15) is 11.4 Å². The van der Waals surface area contributed by atoms with Crippen LogP contribution in [0.2, 0.25) is 5.02 Å². The van der Waals surface area contributed by atoms with Crippen LogP contribution in [0.3, 0.4) is 0 Å². The summed E-state index contributed by atoms with van der Waals surface area (Å²) in [6.07, 6.45) is 8.54. The molecule has 2 spiro atoms. The molecule has 3 aliphatic rings. The third-order valence-electron chi connectivity index (χ3n) is 7.77. The van der Waals surface area contributed by atoms with Gasteiger partial charge >= 0.3 is 6.03 Å². The molecule has 3 fully saturated rings. The van der Waals surface area contributed by atoms with E-state index in [9.17, 15) is 18.8 Å². The van der Waals surface area contributed by atoms with Crippen molar-refractivity contribution in [2.24, 2.45) is 5.41 Å². The Labute approximate surface area is 215 Å². The summed E-state index contributed by atoms with van der Waals surface area (Å²) in [7, 11) is 1.64. The number of urea groups is 1. The molecular weight excluding hydrogens is 499 g/mol. The Balaban J connectivity index is 1.17. The number of halogens is 2. The normalized spacial score (nSPS) is 24.3. The highest BCUT2D eigenvalue weighted by atomic mass is 35.5. The minimum atomic E-state index is -0.750. The summed E-state index contributed by atoms with van der Waals surface area (Å²) in [5.41, 5.74) is 6.76. The molecule has 1 aliphatic heterocycles. The van der Waals surface area contributed by atoms with Crippen LogP contribution in [0.4, 0.5) is 20.7 Å². The van der Waals surface area contributed by atoms with E-state index in [1.165, 1.54) is 23.5 Å². The fourth-order valence-corrected chi connectivity index (χ4v) is 6.19. The van der Waals surface area contributed by atoms with E-state index >= 15 is 0 Å². The molecule has 2 saturated carbocycles. The Morgan fingerprint density at radius 2 is 2.00 bits per heavy atom. The molecule has 0 radical (unpaired) electrons. The molecule has 1 saturated heterocycles. The summed E-state index contributed by atoms with van der Waals surface area (Å²) >= 11 is 6.23. The number of imide groups is 1. The average molecular weight is 521 g/mol. The lowest BCUT2D eigenvalue weighted by molar-refractivity contribution is -0.143. The Kier molecular flexibility index (Phi) is 5.03. The fourth-order valence-electron chi connectivity index (χ4n) is 5.98. The molecule has 1 aromatic carbocycles. The van der Waals surface area contributed by atoms with Crippen LogP contribution in [-0.4, -0.2) is 45.3 Å². The molecule has 188 valence electrons. The minimum Gasteiger partial charge on any atom is -0.396 e. The van der Waals surface area contributed by atoms with E-state index in [-0.39, 0.29) is 34.5 Å². The lowest BCUT2D eigenvalue weighted by Crippen LogP contribution is -2.64. The third-order valence-corrected chi connectivity index (χ3v) is 8.10. The molecule has 3 aromatic rings. The smallest absolute Gasteiger partial charge is 0.324 e. The standard InChI is InChI=1S/C26H22ClFN6O3/c1-34-24(37)33-23(36)26(34)11-25(12-26)7-13(8-25)4-20(35)32-19-6-14-5-15(17-9-30-3-2-18(17)27)21(28)22(29)16(14)10-31-19/h2-6,9-10H,7-8,11-12,29H2,1H3,(H,31,32,35)(H,33,36,37). The number of amides is 4. The number of benzene rings is 1. The van der Waals surface area contributed by atoms with Gasteiger partial charge in [-0.3, -0.25) is 19.9 Å². The first-order valence-corrected chi connectivity index (χ1v) is 12.1. The number of hydrogen-bond acceptors (Lipinski definition) is 6. The zero-order chi connectivity index (χ0) is 26.1. The molecule has 2 aromatic heterocycles. The van der Waals surface area contributed by atoms with Crippen LogP contribution in [0.1, 0.15) is 25.7 Å². The summed E-state index contributed by atoms with van der Waals surface area (Å²) in [4.78, 5) is 46.4. The van der Waals surface area contributed by atoms with Crippen LogP contribution in [0.5, 0.6) is 0 Å². The zero-order valence-corrected chi connectivity index (χ0v) is 20.5. The van der Waals surface area contributed by atoms with Crippen molar-refractivity contribution in [2.45, 2.75) is 31.2 Å². The monoisotopic (exact) mass is 520 g/mol. The summed E-state index contributed by atoms with van der Waals surface area (Å²) in [6.45, 7) is 0. The van der Waals surface area contributed by atoms with Gasteiger partial charge in [0.15, 0.2) is 5.82 Å². The molecule has 2 aliphatic carbocycles. The lowest BCUT2D eigenvalue weighted by atomic mass is 9.46. The van der Waals surface area contributed by atoms with Gasteiger partial charge in [0.25, 0.3) is 5.91 Å². The quantitative estimate of drug-likeness (QED) is 0.271. The minimum absolute atomic E-state index is 0.0465. The number of aromatic nitrogens is 2. The van der Waals surface area contributed by atoms with Crippen molar-refractivity contribution >= 4 is 51.7 Å². The molecular formula is C26H22ClFN6O3. The van der Waals surface area contributed by atoms with Crippen molar-refractivity contribution in [3.05, 3.63) is 59.3 Å². The van der Waals surface area contributed by atoms with E-state index < -0.39 is 11.4 Å². The molecule has 11 heteroatoms. The van der Waals surface area contributed by atoms with Crippen molar-refractivity contribution in [1.82, 2.24) is 20.2 Å². The van der Waals surface area contributed by atoms with Gasteiger partial charge < -0.3 is 16.0 Å². The van der Waals surface area contributed by atoms with E-state index in [0.717, 1.165) is 5.57 Å². The van der Waals surface area contributed by atoms with Gasteiger partial charge in [-0.05, 0) is 54.7 Å². The highest BCUT2D eigenvalue weighted by molar-refractivity contribution is 6.33. The number of nitrogen functional groups attached to an aromatic ring is 1. The second-order valence-electron chi connectivity index (χ2n) is 10.1. The first-order valence-electron chi connectivity index (χ1n) is 11.7. The molecule has 37 heavy (non-hydrogen) atoms. The first kappa shape index (κ1) is 23.4. The number of pyridine rings is 2. The molecule has 6 rings (SSSR count). The van der Waals surface area contributed by atoms with Crippen LogP contribution in [0.25, 0.3) is 21.9 Å². The van der Waals surface area contributed by atoms with E-state index in [0.29, 0.717) is 52.9 Å². The van der Waals surface area contributed by atoms with Crippen molar-refractivity contribution < 1.29 is 18.8 Å². The molecule has 9 nitrogen and oxygen atoms in total. The second kappa shape index (κ2) is 7.97. The predicted octanol–water partition coefficient (Wildman–Crippen LogP) is 4.03. The Hall–Kier alpha value is -4.05. The summed E-state index contributed by atoms with van der Waals surface area (Å²) in [5.74, 6) is -0.893. The van der Waals surface area contributed by atoms with Crippen LogP contribution < -0.4 is 16.4 Å². The summed E-state index contributed by atoms with van der Waals surface area (Å²) in [6, 6.07) is 4.43. The highest BCUT2D eigenvalue weighted by Crippen LogP contribution is 2.64. The molecule has 3 heterocycles. The Morgan fingerprint density at radius 3 is 2.68 bits per heavy atom. The van der Waals surface area contributed by atoms with Crippen molar-refractivity contribution in [3.8, 4) is 11.1 Å². The SMILES string of the molecule is CN1C(=O)NC(=O)C12CC1(CC(=CC(=O)Nc3cc4cc(-c5cnccc5Cl)c(F)c(N)c4cn3)C1)C2. The second-order valence-corrected chi connectivity index (χ2v) is 10.6. The van der Waals surface area contributed by atoms with E-state index in [4.69, 9.17) is 17.3 Å². The number of allylic oxidation sites excluding steroid dienone is 1. The Morgan fingerprint density at radius 1 is 1.24 bits per heavy atom. The van der Waals surface area contributed by atoms with Crippen molar-refractivity contribution in [3.63, 3.8) is 0 Å². The van der Waals surface area contributed by atoms with Gasteiger partial charge in [-0.1, -0.05) is 17.2 Å². The molecule has 0 atom stereocenters. The number of nitrogens with one attached hydrogen (secondary N) is 2. The Bertz CT molecular complexity index is 1560. The van der Waals surface area contributed by atoms with Gasteiger partial charge in [0.2, 0.25) is 5.91 Å². The molecule has 0 unspecified atom stereocenters. The maximum atomic E-state index is 15.0. The number of nitrogens with zero attached hydrogens (tertiary/aromatic N) is 3. The molecule has 4 amide bonds. The largest absolute Gasteiger partial charge is 0.396 e. The number of carbonyl (C=O) groups is 3. The number of anilines is 2. The average Bonchev–Trinajstić information content (AvgIpc) is 3.03. The summed E-state index contributed by atoms with van der Waals surface area (Å²) < 4.78 is 15.0. The van der Waals surface area contributed by atoms with E-state index in [1.807, 2.05) is 0 Å². The van der Waals surface area contributed by atoms with E-state index in [2.05, 4.69) is 20.6 Å². The topological polar surface area (TPSA) is 130 Å². The number of nitrogens with two attached hydrogens (primary N) is 1. The lowest BCUT2D eigenvalue weighted by Gasteiger charge is -2.60. The van der Waals surface area contributed by atoms with Gasteiger partial charge in [0, 0.05) is 48.2 Å². The van der Waals surface area contributed by atoms with Crippen LogP contribution >= 0.6 is 11.6 Å². The van der Waals surface area contributed by atoms with Crippen molar-refractivity contribution in [2.75, 3.05) is 18.1 Å². The third kappa shape index (κ3) is 3.54. The number of likely N-dealkylation sites (N-methyl/N-ethyl adjacent to an activating group) is 1. The summed E-state index contributed by atoms with van der Waals surface area (Å²) in [5, 5.41) is 6.46.